The van der Waals surface area contributed by atoms with Gasteiger partial charge >= 0.3 is 11.9 Å². The summed E-state index contributed by atoms with van der Waals surface area (Å²) in [6, 6.07) is -0.740. The Labute approximate surface area is 380 Å². The minimum absolute atomic E-state index is 0.0158. The Morgan fingerprint density at radius 3 is 1.48 bits per heavy atom. The third kappa shape index (κ3) is 41.8. The Balaban J connectivity index is 4.32. The molecule has 0 radical (unpaired) electrons. The molecular weight excluding hydrogens is 775 g/mol. The standard InChI is InChI=1S/C54H91NO7/c1-6-8-10-12-14-16-18-20-22-23-24-25-26-27-28-29-31-32-34-36-38-40-42-44-52(56)61-49-50(48-60-47-46-51(54(58)59)55(3,4)5)62-53(57)45-43-41-39-37-35-33-30-21-19-17-15-13-11-9-7-2/h9,11,13,15,17,19,21,24-25,27-28,30,33,35,50-51H,6-8,10,12,14,16,18,20,22-23,26,29,31-32,34,36-49H2,1-5H3/b11-9+,15-13+,19-17+,25-24+,28-27+,30-21+,35-33+. The van der Waals surface area contributed by atoms with Crippen LogP contribution in [0.25, 0.3) is 0 Å². The van der Waals surface area contributed by atoms with Gasteiger partial charge in [0.25, 0.3) is 0 Å². The second kappa shape index (κ2) is 44.1. The maximum absolute atomic E-state index is 12.7. The zero-order valence-corrected chi connectivity index (χ0v) is 40.3. The average molecular weight is 866 g/mol. The maximum atomic E-state index is 12.7. The summed E-state index contributed by atoms with van der Waals surface area (Å²) in [5.41, 5.74) is 0. The predicted molar refractivity (Wildman–Crippen MR) is 258 cm³/mol. The van der Waals surface area contributed by atoms with Gasteiger partial charge in [0.1, 0.15) is 12.6 Å². The molecular formula is C54H91NO7. The number of hydrogen-bond donors (Lipinski definition) is 0. The minimum Gasteiger partial charge on any atom is -0.544 e. The number of carboxylic acids is 1. The van der Waals surface area contributed by atoms with Crippen molar-refractivity contribution in [1.82, 2.24) is 0 Å². The zero-order valence-electron chi connectivity index (χ0n) is 40.3. The van der Waals surface area contributed by atoms with E-state index in [2.05, 4.69) is 50.3 Å². The molecule has 0 aromatic heterocycles. The molecule has 0 saturated heterocycles. The molecule has 0 aliphatic carbocycles. The number of nitrogens with zero attached hydrogens (tertiary/aromatic N) is 1. The van der Waals surface area contributed by atoms with Gasteiger partial charge in [0.15, 0.2) is 6.10 Å². The maximum Gasteiger partial charge on any atom is 0.306 e. The van der Waals surface area contributed by atoms with E-state index in [1.807, 2.05) is 48.6 Å². The number of carbonyl (C=O) groups excluding carboxylic acids is 3. The molecule has 0 saturated carbocycles. The molecule has 8 nitrogen and oxygen atoms in total. The molecule has 0 N–H and O–H groups in total. The summed E-state index contributed by atoms with van der Waals surface area (Å²) in [6.45, 7) is 4.46. The van der Waals surface area contributed by atoms with E-state index in [4.69, 9.17) is 14.2 Å². The van der Waals surface area contributed by atoms with E-state index in [-0.39, 0.29) is 49.1 Å². The summed E-state index contributed by atoms with van der Waals surface area (Å²) in [5, 5.41) is 11.6. The quantitative estimate of drug-likeness (QED) is 0.0198. The van der Waals surface area contributed by atoms with Gasteiger partial charge in [0.05, 0.1) is 40.3 Å². The van der Waals surface area contributed by atoms with Crippen LogP contribution in [0.2, 0.25) is 0 Å². The van der Waals surface area contributed by atoms with Gasteiger partial charge in [0.2, 0.25) is 0 Å². The SMILES string of the molecule is CC/C=C/C=C/C=C/C=C/C=C/CCCCCC(=O)OC(COCCC(C(=O)[O-])[N+](C)(C)C)COC(=O)CCCCCCCCC/C=C/C/C=C/CCCCCCCCCCC. The Morgan fingerprint density at radius 1 is 0.516 bits per heavy atom. The van der Waals surface area contributed by atoms with Crippen molar-refractivity contribution in [2.45, 2.75) is 199 Å². The number of carbonyl (C=O) groups is 3. The Bertz CT molecular complexity index is 1290. The predicted octanol–water partition coefficient (Wildman–Crippen LogP) is 12.7. The number of quaternary nitrogens is 1. The number of allylic oxidation sites excluding steroid dienone is 14. The topological polar surface area (TPSA) is 102 Å². The van der Waals surface area contributed by atoms with Gasteiger partial charge in [-0.3, -0.25) is 9.59 Å². The molecule has 0 aromatic rings. The fourth-order valence-corrected chi connectivity index (χ4v) is 6.83. The van der Waals surface area contributed by atoms with Crippen LogP contribution in [0.3, 0.4) is 0 Å². The highest BCUT2D eigenvalue weighted by atomic mass is 16.6. The van der Waals surface area contributed by atoms with E-state index in [1.165, 1.54) is 89.9 Å². The molecule has 0 aliphatic heterocycles. The molecule has 0 rings (SSSR count). The number of carboxylic acid groups (broad SMARTS) is 1. The number of aliphatic carboxylic acids is 1. The molecule has 62 heavy (non-hydrogen) atoms. The molecule has 8 heteroatoms. The normalized spacial score (nSPS) is 13.6. The molecule has 0 heterocycles. The summed E-state index contributed by atoms with van der Waals surface area (Å²) in [7, 11) is 5.38. The van der Waals surface area contributed by atoms with Crippen LogP contribution in [0.15, 0.2) is 85.1 Å². The molecule has 0 bridgehead atoms. The van der Waals surface area contributed by atoms with Gasteiger partial charge in [-0.25, -0.2) is 0 Å². The smallest absolute Gasteiger partial charge is 0.306 e. The van der Waals surface area contributed by atoms with Crippen molar-refractivity contribution in [2.75, 3.05) is 41.0 Å². The van der Waals surface area contributed by atoms with E-state index < -0.39 is 18.1 Å². The number of rotatable bonds is 43. The number of esters is 2. The highest BCUT2D eigenvalue weighted by Gasteiger charge is 2.25. The number of likely N-dealkylation sites (N-methyl/N-ethyl adjacent to an activating group) is 1. The van der Waals surface area contributed by atoms with Gasteiger partial charge in [-0.1, -0.05) is 189 Å². The molecule has 2 atom stereocenters. The van der Waals surface area contributed by atoms with Crippen LogP contribution in [-0.4, -0.2) is 75.5 Å². The molecule has 0 amide bonds. The summed E-state index contributed by atoms with van der Waals surface area (Å²) < 4.78 is 17.2. The molecule has 2 unspecified atom stereocenters. The lowest BCUT2D eigenvalue weighted by molar-refractivity contribution is -0.889. The van der Waals surface area contributed by atoms with Crippen LogP contribution in [0.1, 0.15) is 187 Å². The van der Waals surface area contributed by atoms with Crippen LogP contribution in [-0.2, 0) is 28.6 Å². The molecule has 354 valence electrons. The third-order valence-corrected chi connectivity index (χ3v) is 10.6. The average Bonchev–Trinajstić information content (AvgIpc) is 3.23. The van der Waals surface area contributed by atoms with Crippen molar-refractivity contribution in [1.29, 1.82) is 0 Å². The molecule has 0 aliphatic rings. The fourth-order valence-electron chi connectivity index (χ4n) is 6.83. The number of ether oxygens (including phenoxy) is 3. The van der Waals surface area contributed by atoms with Gasteiger partial charge in [-0.15, -0.1) is 0 Å². The first-order valence-electron chi connectivity index (χ1n) is 24.7. The van der Waals surface area contributed by atoms with Gasteiger partial charge in [-0.2, -0.15) is 0 Å². The molecule has 0 spiro atoms. The first kappa shape index (κ1) is 58.5. The lowest BCUT2D eigenvalue weighted by Crippen LogP contribution is -2.55. The van der Waals surface area contributed by atoms with E-state index >= 15 is 0 Å². The first-order chi connectivity index (χ1) is 30.1. The second-order valence-corrected chi connectivity index (χ2v) is 17.4. The third-order valence-electron chi connectivity index (χ3n) is 10.6. The van der Waals surface area contributed by atoms with Gasteiger partial charge in [-0.05, 0) is 64.2 Å². The van der Waals surface area contributed by atoms with Crippen LogP contribution >= 0.6 is 0 Å². The van der Waals surface area contributed by atoms with Crippen molar-refractivity contribution >= 4 is 17.9 Å². The lowest BCUT2D eigenvalue weighted by Gasteiger charge is -2.34. The fraction of sp³-hybridized carbons (Fsp3) is 0.685. The van der Waals surface area contributed by atoms with Crippen molar-refractivity contribution < 1.29 is 38.2 Å². The Morgan fingerprint density at radius 2 is 0.968 bits per heavy atom. The summed E-state index contributed by atoms with van der Waals surface area (Å²) in [6.07, 6.45) is 57.6. The Kier molecular flexibility index (Phi) is 41.6. The largest absolute Gasteiger partial charge is 0.544 e. The second-order valence-electron chi connectivity index (χ2n) is 17.4. The summed E-state index contributed by atoms with van der Waals surface area (Å²) in [5.74, 6) is -1.81. The van der Waals surface area contributed by atoms with Crippen molar-refractivity contribution in [3.63, 3.8) is 0 Å². The highest BCUT2D eigenvalue weighted by Crippen LogP contribution is 2.14. The van der Waals surface area contributed by atoms with Crippen molar-refractivity contribution in [3.8, 4) is 0 Å². The van der Waals surface area contributed by atoms with Gasteiger partial charge in [0, 0.05) is 19.3 Å². The van der Waals surface area contributed by atoms with Crippen LogP contribution in [0.4, 0.5) is 0 Å². The van der Waals surface area contributed by atoms with Crippen molar-refractivity contribution in [2.24, 2.45) is 0 Å². The van der Waals surface area contributed by atoms with Crippen LogP contribution in [0.5, 0.6) is 0 Å². The monoisotopic (exact) mass is 866 g/mol. The molecule has 0 aromatic carbocycles. The lowest BCUT2D eigenvalue weighted by atomic mass is 10.1. The number of unbranched alkanes of at least 4 members (excludes halogenated alkanes) is 19. The highest BCUT2D eigenvalue weighted by molar-refractivity contribution is 5.70. The minimum atomic E-state index is -1.14. The first-order valence-corrected chi connectivity index (χ1v) is 24.7. The van der Waals surface area contributed by atoms with E-state index in [0.717, 1.165) is 57.8 Å². The van der Waals surface area contributed by atoms with E-state index in [1.54, 1.807) is 21.1 Å². The van der Waals surface area contributed by atoms with E-state index in [9.17, 15) is 19.5 Å². The summed E-state index contributed by atoms with van der Waals surface area (Å²) >= 11 is 0. The summed E-state index contributed by atoms with van der Waals surface area (Å²) in [4.78, 5) is 37.0. The van der Waals surface area contributed by atoms with Crippen LogP contribution < -0.4 is 5.11 Å². The zero-order chi connectivity index (χ0) is 45.6. The molecule has 0 fully saturated rings. The number of hydrogen-bond acceptors (Lipinski definition) is 7. The van der Waals surface area contributed by atoms with Gasteiger partial charge < -0.3 is 28.6 Å². The van der Waals surface area contributed by atoms with Crippen LogP contribution in [0, 0.1) is 0 Å². The Hall–Kier alpha value is -3.49. The van der Waals surface area contributed by atoms with E-state index in [0.29, 0.717) is 12.8 Å². The van der Waals surface area contributed by atoms with Crippen molar-refractivity contribution in [3.05, 3.63) is 85.1 Å².